The van der Waals surface area contributed by atoms with Crippen LogP contribution in [-0.2, 0) is 0 Å². The molecule has 0 saturated heterocycles. The normalized spacial score (nSPS) is 17.4. The van der Waals surface area contributed by atoms with Gasteiger partial charge in [-0.2, -0.15) is 0 Å². The van der Waals surface area contributed by atoms with Crippen molar-refractivity contribution in [1.29, 1.82) is 0 Å². The Hall–Kier alpha value is -3.90. The van der Waals surface area contributed by atoms with Gasteiger partial charge in [-0.1, -0.05) is 109 Å². The summed E-state index contributed by atoms with van der Waals surface area (Å²) >= 11 is 0. The minimum atomic E-state index is 0.301. The van der Waals surface area contributed by atoms with Gasteiger partial charge in [-0.05, 0) is 67.8 Å². The van der Waals surface area contributed by atoms with Crippen molar-refractivity contribution in [2.24, 2.45) is 0 Å². The third-order valence-electron chi connectivity index (χ3n) is 7.25. The predicted molar refractivity (Wildman–Crippen MR) is 132 cm³/mol. The van der Waals surface area contributed by atoms with Gasteiger partial charge < -0.3 is 0 Å². The monoisotopic (exact) mass is 406 g/mol. The maximum absolute atomic E-state index is 2.44. The molecule has 0 saturated carbocycles. The molecule has 0 nitrogen and oxygen atoms in total. The van der Waals surface area contributed by atoms with Crippen molar-refractivity contribution in [2.45, 2.75) is 11.8 Å². The highest BCUT2D eigenvalue weighted by Crippen LogP contribution is 2.56. The maximum atomic E-state index is 2.44. The largest absolute Gasteiger partial charge is 0.0622 e. The van der Waals surface area contributed by atoms with Gasteiger partial charge in [0.25, 0.3) is 0 Å². The van der Waals surface area contributed by atoms with Gasteiger partial charge in [-0.15, -0.1) is 0 Å². The second kappa shape index (κ2) is 6.80. The van der Waals surface area contributed by atoms with Gasteiger partial charge in [0.2, 0.25) is 0 Å². The van der Waals surface area contributed by atoms with E-state index in [1.54, 1.807) is 0 Å². The quantitative estimate of drug-likeness (QED) is 0.273. The Kier molecular flexibility index (Phi) is 3.77. The van der Waals surface area contributed by atoms with E-state index in [0.717, 1.165) is 0 Å². The van der Waals surface area contributed by atoms with Crippen LogP contribution in [-0.4, -0.2) is 0 Å². The second-order valence-electron chi connectivity index (χ2n) is 8.91. The lowest BCUT2D eigenvalue weighted by molar-refractivity contribution is 0.755. The average molecular weight is 407 g/mol. The van der Waals surface area contributed by atoms with Gasteiger partial charge in [-0.25, -0.2) is 0 Å². The summed E-state index contributed by atoms with van der Waals surface area (Å²) in [6, 6.07) is 44.8. The first kappa shape index (κ1) is 17.7. The van der Waals surface area contributed by atoms with Crippen LogP contribution in [0.4, 0.5) is 0 Å². The van der Waals surface area contributed by atoms with E-state index in [9.17, 15) is 0 Å². The number of rotatable bonds is 2. The predicted octanol–water partition coefficient (Wildman–Crippen LogP) is 8.01. The topological polar surface area (TPSA) is 0 Å². The van der Waals surface area contributed by atoms with Crippen molar-refractivity contribution in [1.82, 2.24) is 0 Å². The minimum absolute atomic E-state index is 0.301. The van der Waals surface area contributed by atoms with Crippen LogP contribution in [0.15, 0.2) is 121 Å². The Balaban J connectivity index is 1.45. The molecule has 0 aromatic heterocycles. The van der Waals surface area contributed by atoms with Crippen LogP contribution in [0.5, 0.6) is 0 Å². The van der Waals surface area contributed by atoms with Gasteiger partial charge in [0.05, 0.1) is 0 Å². The molecule has 0 radical (unpaired) electrons. The lowest BCUT2D eigenvalue weighted by Gasteiger charge is -2.42. The van der Waals surface area contributed by atoms with Crippen LogP contribution >= 0.6 is 0 Å². The van der Waals surface area contributed by atoms with Gasteiger partial charge in [0.15, 0.2) is 0 Å². The highest BCUT2D eigenvalue weighted by atomic mass is 14.4. The first-order valence-corrected chi connectivity index (χ1v) is 11.4. The van der Waals surface area contributed by atoms with Crippen LogP contribution < -0.4 is 0 Å². The van der Waals surface area contributed by atoms with Crippen LogP contribution in [0.1, 0.15) is 45.2 Å². The SMILES string of the molecule is c1ccc(-c2ccc3c(c2)[C@H]2c4ccccc4[C@@H]3c3cc(-c4ccccc4)ccc32)cc1. The molecule has 8 rings (SSSR count). The van der Waals surface area contributed by atoms with E-state index in [2.05, 4.69) is 121 Å². The summed E-state index contributed by atoms with van der Waals surface area (Å²) in [7, 11) is 0. The third kappa shape index (κ3) is 2.50. The summed E-state index contributed by atoms with van der Waals surface area (Å²) in [6.45, 7) is 0. The highest BCUT2D eigenvalue weighted by molar-refractivity contribution is 5.75. The van der Waals surface area contributed by atoms with Crippen LogP contribution in [0.3, 0.4) is 0 Å². The van der Waals surface area contributed by atoms with E-state index in [4.69, 9.17) is 0 Å². The van der Waals surface area contributed by atoms with Crippen LogP contribution in [0, 0.1) is 0 Å². The molecule has 0 heterocycles. The number of hydrogen-bond donors (Lipinski definition) is 0. The average Bonchev–Trinajstić information content (AvgIpc) is 2.89. The zero-order valence-electron chi connectivity index (χ0n) is 17.7. The zero-order valence-corrected chi connectivity index (χ0v) is 17.7. The minimum Gasteiger partial charge on any atom is -0.0622 e. The second-order valence-corrected chi connectivity index (χ2v) is 8.91. The molecule has 0 unspecified atom stereocenters. The van der Waals surface area contributed by atoms with Crippen molar-refractivity contribution >= 4 is 0 Å². The summed E-state index contributed by atoms with van der Waals surface area (Å²) in [5.41, 5.74) is 14.0. The molecule has 2 bridgehead atoms. The lowest BCUT2D eigenvalue weighted by atomic mass is 9.60. The molecular formula is C32H22. The summed E-state index contributed by atoms with van der Waals surface area (Å²) < 4.78 is 0. The van der Waals surface area contributed by atoms with Crippen molar-refractivity contribution in [3.05, 3.63) is 155 Å². The van der Waals surface area contributed by atoms with E-state index < -0.39 is 0 Å². The zero-order chi connectivity index (χ0) is 21.1. The van der Waals surface area contributed by atoms with Crippen LogP contribution in [0.25, 0.3) is 22.3 Å². The molecule has 0 N–H and O–H groups in total. The summed E-state index contributed by atoms with van der Waals surface area (Å²) in [5, 5.41) is 0. The van der Waals surface area contributed by atoms with E-state index in [1.807, 2.05) is 0 Å². The summed E-state index contributed by atoms with van der Waals surface area (Å²) in [5.74, 6) is 0.601. The fraction of sp³-hybridized carbons (Fsp3) is 0.0625. The molecule has 3 aliphatic rings. The van der Waals surface area contributed by atoms with Gasteiger partial charge >= 0.3 is 0 Å². The van der Waals surface area contributed by atoms with Gasteiger partial charge in [0, 0.05) is 11.8 Å². The summed E-state index contributed by atoms with van der Waals surface area (Å²) in [6.07, 6.45) is 0. The standard InChI is InChI=1S/C32H22/c1-3-9-21(10-4-1)23-15-17-27-29(19-23)31-25-13-7-8-14-26(25)32(27)30-20-24(16-18-28(30)31)22-11-5-2-6-12-22/h1-20,31-32H/t31-,32-/m0/s1. The molecule has 0 aliphatic heterocycles. The smallest absolute Gasteiger partial charge is 0.0349 e. The molecule has 32 heavy (non-hydrogen) atoms. The van der Waals surface area contributed by atoms with E-state index in [0.29, 0.717) is 11.8 Å². The maximum Gasteiger partial charge on any atom is 0.0349 e. The first-order chi connectivity index (χ1) is 15.9. The fourth-order valence-electron chi connectivity index (χ4n) is 5.84. The Bertz CT molecular complexity index is 1350. The molecule has 0 spiro atoms. The molecule has 0 heteroatoms. The Labute approximate surface area is 188 Å². The molecule has 3 aliphatic carbocycles. The molecule has 0 amide bonds. The number of hydrogen-bond acceptors (Lipinski definition) is 0. The fourth-order valence-corrected chi connectivity index (χ4v) is 5.84. The van der Waals surface area contributed by atoms with E-state index in [1.165, 1.54) is 55.6 Å². The molecule has 0 fully saturated rings. The molecular weight excluding hydrogens is 384 g/mol. The van der Waals surface area contributed by atoms with Crippen molar-refractivity contribution in [2.75, 3.05) is 0 Å². The van der Waals surface area contributed by atoms with E-state index in [-0.39, 0.29) is 0 Å². The van der Waals surface area contributed by atoms with Crippen molar-refractivity contribution in [3.8, 4) is 22.3 Å². The van der Waals surface area contributed by atoms with E-state index >= 15 is 0 Å². The summed E-state index contributed by atoms with van der Waals surface area (Å²) in [4.78, 5) is 0. The Morgan fingerprint density at radius 3 is 1.09 bits per heavy atom. The van der Waals surface area contributed by atoms with Crippen molar-refractivity contribution in [3.63, 3.8) is 0 Å². The van der Waals surface area contributed by atoms with Gasteiger partial charge in [0.1, 0.15) is 0 Å². The Morgan fingerprint density at radius 1 is 0.281 bits per heavy atom. The molecule has 5 aromatic rings. The first-order valence-electron chi connectivity index (χ1n) is 11.4. The highest BCUT2D eigenvalue weighted by Gasteiger charge is 2.41. The Morgan fingerprint density at radius 2 is 0.656 bits per heavy atom. The van der Waals surface area contributed by atoms with Crippen molar-refractivity contribution < 1.29 is 0 Å². The van der Waals surface area contributed by atoms with Gasteiger partial charge in [-0.3, -0.25) is 0 Å². The number of benzene rings is 5. The molecule has 2 atom stereocenters. The van der Waals surface area contributed by atoms with Crippen LogP contribution in [0.2, 0.25) is 0 Å². The third-order valence-corrected chi connectivity index (χ3v) is 7.25. The lowest BCUT2D eigenvalue weighted by Crippen LogP contribution is -2.27. The molecule has 150 valence electrons. The molecule has 5 aromatic carbocycles.